The van der Waals surface area contributed by atoms with Gasteiger partial charge >= 0.3 is 5.97 Å². The van der Waals surface area contributed by atoms with Crippen LogP contribution < -0.4 is 0 Å². The van der Waals surface area contributed by atoms with Crippen molar-refractivity contribution in [1.29, 1.82) is 0 Å². The highest BCUT2D eigenvalue weighted by atomic mass is 32.2. The molecule has 6 heteroatoms. The molecule has 0 spiro atoms. The number of aliphatic carboxylic acids is 1. The van der Waals surface area contributed by atoms with Gasteiger partial charge in [-0.25, -0.2) is 4.98 Å². The minimum Gasteiger partial charge on any atom is -0.481 e. The van der Waals surface area contributed by atoms with Crippen LogP contribution in [0.5, 0.6) is 0 Å². The highest BCUT2D eigenvalue weighted by molar-refractivity contribution is 7.98. The van der Waals surface area contributed by atoms with Crippen molar-refractivity contribution in [2.45, 2.75) is 38.5 Å². The zero-order valence-corrected chi connectivity index (χ0v) is 12.4. The van der Waals surface area contributed by atoms with Crippen LogP contribution in [-0.4, -0.2) is 28.9 Å². The van der Waals surface area contributed by atoms with Crippen LogP contribution in [-0.2, 0) is 28.3 Å². The molecule has 102 valence electrons. The predicted octanol–water partition coefficient (Wildman–Crippen LogP) is 2.95. The summed E-state index contributed by atoms with van der Waals surface area (Å²) >= 11 is 3.48. The number of thiazole rings is 1. The summed E-state index contributed by atoms with van der Waals surface area (Å²) in [5, 5.41) is 9.79. The highest BCUT2D eigenvalue weighted by Gasteiger charge is 2.12. The molecule has 0 bridgehead atoms. The largest absolute Gasteiger partial charge is 0.481 e. The first-order valence-electron chi connectivity index (χ1n) is 5.93. The van der Waals surface area contributed by atoms with Gasteiger partial charge in [-0.15, -0.1) is 11.3 Å². The minimum atomic E-state index is -0.770. The molecular weight excluding hydrogens is 270 g/mol. The predicted molar refractivity (Wildman–Crippen MR) is 75.2 cm³/mol. The number of thioether (sulfide) groups is 1. The van der Waals surface area contributed by atoms with Crippen molar-refractivity contribution in [3.05, 3.63) is 15.6 Å². The lowest BCUT2D eigenvalue weighted by molar-refractivity contribution is -0.136. The van der Waals surface area contributed by atoms with Crippen molar-refractivity contribution in [3.63, 3.8) is 0 Å². The summed E-state index contributed by atoms with van der Waals surface area (Å²) < 4.78 is 5.10. The number of methoxy groups -OCH3 is 1. The van der Waals surface area contributed by atoms with Crippen LogP contribution in [0.1, 0.15) is 35.3 Å². The van der Waals surface area contributed by atoms with Gasteiger partial charge in [-0.2, -0.15) is 11.8 Å². The second-order valence-corrected chi connectivity index (χ2v) is 6.13. The topological polar surface area (TPSA) is 59.4 Å². The summed E-state index contributed by atoms with van der Waals surface area (Å²) in [6.45, 7) is 2.62. The van der Waals surface area contributed by atoms with Gasteiger partial charge in [0.15, 0.2) is 0 Å². The second kappa shape index (κ2) is 8.50. The van der Waals surface area contributed by atoms with E-state index in [1.54, 1.807) is 18.4 Å². The maximum atomic E-state index is 10.6. The van der Waals surface area contributed by atoms with E-state index in [0.29, 0.717) is 13.0 Å². The Bertz CT molecular complexity index is 379. The Morgan fingerprint density at radius 1 is 1.56 bits per heavy atom. The van der Waals surface area contributed by atoms with Crippen LogP contribution in [0.4, 0.5) is 0 Å². The Morgan fingerprint density at radius 2 is 2.33 bits per heavy atom. The molecule has 0 amide bonds. The van der Waals surface area contributed by atoms with Crippen LogP contribution in [0, 0.1) is 0 Å². The Morgan fingerprint density at radius 3 is 2.94 bits per heavy atom. The van der Waals surface area contributed by atoms with Gasteiger partial charge in [0.05, 0.1) is 18.7 Å². The minimum absolute atomic E-state index is 0.153. The van der Waals surface area contributed by atoms with Gasteiger partial charge in [0, 0.05) is 17.7 Å². The summed E-state index contributed by atoms with van der Waals surface area (Å²) in [4.78, 5) is 16.2. The van der Waals surface area contributed by atoms with Gasteiger partial charge in [-0.3, -0.25) is 4.79 Å². The Balaban J connectivity index is 2.63. The third-order valence-corrected chi connectivity index (χ3v) is 4.76. The molecule has 0 aliphatic heterocycles. The Kier molecular flexibility index (Phi) is 7.31. The van der Waals surface area contributed by atoms with E-state index in [9.17, 15) is 4.79 Å². The average Bonchev–Trinajstić information content (AvgIpc) is 2.70. The number of ether oxygens (including phenoxy) is 1. The summed E-state index contributed by atoms with van der Waals surface area (Å²) in [5.41, 5.74) is 0.899. The first kappa shape index (κ1) is 15.5. The average molecular weight is 289 g/mol. The fraction of sp³-hybridized carbons (Fsp3) is 0.667. The van der Waals surface area contributed by atoms with Gasteiger partial charge in [-0.1, -0.05) is 6.92 Å². The molecule has 0 atom stereocenters. The van der Waals surface area contributed by atoms with Gasteiger partial charge in [0.2, 0.25) is 0 Å². The molecule has 0 saturated heterocycles. The molecule has 18 heavy (non-hydrogen) atoms. The molecule has 1 aromatic rings. The number of aromatic nitrogens is 1. The van der Waals surface area contributed by atoms with E-state index in [4.69, 9.17) is 9.84 Å². The van der Waals surface area contributed by atoms with Crippen molar-refractivity contribution in [2.24, 2.45) is 0 Å². The molecule has 4 nitrogen and oxygen atoms in total. The molecule has 0 radical (unpaired) electrons. The van der Waals surface area contributed by atoms with Gasteiger partial charge in [0.25, 0.3) is 0 Å². The van der Waals surface area contributed by atoms with Gasteiger partial charge < -0.3 is 9.84 Å². The third-order valence-electron chi connectivity index (χ3n) is 2.24. The SMILES string of the molecule is CCCSCc1nc(COC)c(CCC(=O)O)s1. The summed E-state index contributed by atoms with van der Waals surface area (Å²) in [7, 11) is 1.63. The first-order chi connectivity index (χ1) is 8.67. The van der Waals surface area contributed by atoms with E-state index in [1.807, 2.05) is 11.8 Å². The van der Waals surface area contributed by atoms with E-state index >= 15 is 0 Å². The monoisotopic (exact) mass is 289 g/mol. The van der Waals surface area contributed by atoms with E-state index in [0.717, 1.165) is 33.5 Å². The number of rotatable bonds is 9. The van der Waals surface area contributed by atoms with Crippen molar-refractivity contribution >= 4 is 29.1 Å². The van der Waals surface area contributed by atoms with Crippen molar-refractivity contribution in [1.82, 2.24) is 4.98 Å². The van der Waals surface area contributed by atoms with Crippen LogP contribution in [0.2, 0.25) is 0 Å². The molecule has 1 aromatic heterocycles. The van der Waals surface area contributed by atoms with Crippen LogP contribution in [0.3, 0.4) is 0 Å². The smallest absolute Gasteiger partial charge is 0.303 e. The van der Waals surface area contributed by atoms with Gasteiger partial charge in [-0.05, 0) is 18.6 Å². The fourth-order valence-electron chi connectivity index (χ4n) is 1.47. The second-order valence-electron chi connectivity index (χ2n) is 3.86. The van der Waals surface area contributed by atoms with Gasteiger partial charge in [0.1, 0.15) is 5.01 Å². The molecule has 0 aliphatic rings. The standard InChI is InChI=1S/C12H19NO3S2/c1-3-6-17-8-11-13-9(7-16-2)10(18-11)4-5-12(14)15/h3-8H2,1-2H3,(H,14,15). The molecule has 0 saturated carbocycles. The third kappa shape index (κ3) is 5.37. The molecule has 1 rings (SSSR count). The van der Waals surface area contributed by atoms with Crippen molar-refractivity contribution in [2.75, 3.05) is 12.9 Å². The van der Waals surface area contributed by atoms with Crippen LogP contribution >= 0.6 is 23.1 Å². The van der Waals surface area contributed by atoms with Crippen molar-refractivity contribution < 1.29 is 14.6 Å². The molecule has 0 fully saturated rings. The summed E-state index contributed by atoms with van der Waals surface area (Å²) in [5.74, 6) is 1.26. The first-order valence-corrected chi connectivity index (χ1v) is 7.90. The molecular formula is C12H19NO3S2. The maximum Gasteiger partial charge on any atom is 0.303 e. The summed E-state index contributed by atoms with van der Waals surface area (Å²) in [6.07, 6.45) is 1.86. The Hall–Kier alpha value is -0.590. The lowest BCUT2D eigenvalue weighted by Gasteiger charge is -1.98. The maximum absolute atomic E-state index is 10.6. The molecule has 0 aliphatic carbocycles. The van der Waals surface area contributed by atoms with Crippen LogP contribution in [0.15, 0.2) is 0 Å². The number of carboxylic acids is 1. The molecule has 0 unspecified atom stereocenters. The van der Waals surface area contributed by atoms with E-state index in [1.165, 1.54) is 0 Å². The zero-order chi connectivity index (χ0) is 13.4. The lowest BCUT2D eigenvalue weighted by atomic mass is 10.2. The number of aryl methyl sites for hydroxylation is 1. The molecule has 0 aromatic carbocycles. The normalized spacial score (nSPS) is 10.8. The highest BCUT2D eigenvalue weighted by Crippen LogP contribution is 2.24. The van der Waals surface area contributed by atoms with E-state index in [2.05, 4.69) is 11.9 Å². The van der Waals surface area contributed by atoms with E-state index in [-0.39, 0.29) is 6.42 Å². The lowest BCUT2D eigenvalue weighted by Crippen LogP contribution is -1.99. The number of hydrogen-bond acceptors (Lipinski definition) is 5. The quantitative estimate of drug-likeness (QED) is 0.708. The fourth-order valence-corrected chi connectivity index (χ4v) is 3.49. The summed E-state index contributed by atoms with van der Waals surface area (Å²) in [6, 6.07) is 0. The number of hydrogen-bond donors (Lipinski definition) is 1. The number of nitrogens with zero attached hydrogens (tertiary/aromatic N) is 1. The van der Waals surface area contributed by atoms with Crippen LogP contribution in [0.25, 0.3) is 0 Å². The Labute approximate surface area is 116 Å². The molecule has 1 N–H and O–H groups in total. The zero-order valence-electron chi connectivity index (χ0n) is 10.8. The number of carbonyl (C=O) groups is 1. The van der Waals surface area contributed by atoms with Crippen molar-refractivity contribution in [3.8, 4) is 0 Å². The van der Waals surface area contributed by atoms with E-state index < -0.39 is 5.97 Å². The number of carboxylic acid groups (broad SMARTS) is 1. The molecule has 1 heterocycles.